The largest absolute Gasteiger partial charge is 0.364 e. The van der Waals surface area contributed by atoms with Gasteiger partial charge in [0.2, 0.25) is 5.95 Å². The molecule has 1 aliphatic heterocycles. The van der Waals surface area contributed by atoms with E-state index in [2.05, 4.69) is 30.1 Å². The third-order valence-corrected chi connectivity index (χ3v) is 6.86. The Balaban J connectivity index is 1.45. The Morgan fingerprint density at radius 3 is 2.86 bits per heavy atom. The van der Waals surface area contributed by atoms with Gasteiger partial charge in [-0.15, -0.1) is 0 Å². The summed E-state index contributed by atoms with van der Waals surface area (Å²) in [6, 6.07) is 11.6. The Labute approximate surface area is 207 Å². The monoisotopic (exact) mass is 491 g/mol. The first-order valence-corrected chi connectivity index (χ1v) is 11.8. The minimum Gasteiger partial charge on any atom is -0.364 e. The molecule has 3 heterocycles. The summed E-state index contributed by atoms with van der Waals surface area (Å²) in [6.45, 7) is 3.58. The van der Waals surface area contributed by atoms with Crippen molar-refractivity contribution in [2.75, 3.05) is 37.4 Å². The number of aromatic amines is 1. The predicted molar refractivity (Wildman–Crippen MR) is 140 cm³/mol. The molecule has 35 heavy (non-hydrogen) atoms. The molecule has 180 valence electrons. The van der Waals surface area contributed by atoms with Gasteiger partial charge >= 0.3 is 0 Å². The average Bonchev–Trinajstić information content (AvgIpc) is 3.49. The van der Waals surface area contributed by atoms with Crippen LogP contribution in [0.4, 0.5) is 23.0 Å². The standard InChI is InChI=1S/C25H26ClN7O2/c1-15-5-4-6-18-19(12-27-23(15)18)24-20(26)13-28-25(30-24)29-16-7-8-21(22(11-16)33(34)35)32-10-9-17(14-32)31(2)3/h4-8,11-13,17,27H,9-10,14H2,1-3H3,(H,28,29,30). The van der Waals surface area contributed by atoms with Crippen LogP contribution >= 0.6 is 11.6 Å². The number of nitro groups is 1. The molecule has 9 nitrogen and oxygen atoms in total. The topological polar surface area (TPSA) is 103 Å². The van der Waals surface area contributed by atoms with Crippen molar-refractivity contribution in [1.82, 2.24) is 19.9 Å². The number of para-hydroxylation sites is 1. The van der Waals surface area contributed by atoms with Gasteiger partial charge in [0.15, 0.2) is 0 Å². The number of hydrogen-bond acceptors (Lipinski definition) is 7. The van der Waals surface area contributed by atoms with Crippen LogP contribution in [0.15, 0.2) is 48.8 Å². The van der Waals surface area contributed by atoms with Gasteiger partial charge in [-0.25, -0.2) is 9.97 Å². The number of rotatable bonds is 6. The molecule has 1 aliphatic rings. The normalized spacial score (nSPS) is 15.8. The molecule has 0 spiro atoms. The van der Waals surface area contributed by atoms with Gasteiger partial charge < -0.3 is 20.1 Å². The van der Waals surface area contributed by atoms with Gasteiger partial charge in [-0.1, -0.05) is 29.8 Å². The highest BCUT2D eigenvalue weighted by Gasteiger charge is 2.29. The number of nitrogens with zero attached hydrogens (tertiary/aromatic N) is 5. The number of hydrogen-bond donors (Lipinski definition) is 2. The molecule has 0 amide bonds. The zero-order valence-electron chi connectivity index (χ0n) is 19.7. The number of H-pyrrole nitrogens is 1. The smallest absolute Gasteiger partial charge is 0.294 e. The predicted octanol–water partition coefficient (Wildman–Crippen LogP) is 5.38. The third kappa shape index (κ3) is 4.40. The first-order valence-electron chi connectivity index (χ1n) is 11.4. The lowest BCUT2D eigenvalue weighted by molar-refractivity contribution is -0.384. The number of benzene rings is 2. The van der Waals surface area contributed by atoms with Crippen molar-refractivity contribution in [3.05, 3.63) is 69.5 Å². The fraction of sp³-hybridized carbons (Fsp3) is 0.280. The van der Waals surface area contributed by atoms with Crippen molar-refractivity contribution in [3.8, 4) is 11.3 Å². The number of nitro benzene ring substituents is 1. The van der Waals surface area contributed by atoms with Crippen LogP contribution in [0, 0.1) is 17.0 Å². The summed E-state index contributed by atoms with van der Waals surface area (Å²) in [5, 5.41) is 16.4. The minimum absolute atomic E-state index is 0.0516. The molecule has 1 unspecified atom stereocenters. The number of nitrogens with one attached hydrogen (secondary N) is 2. The molecule has 0 saturated carbocycles. The Bertz CT molecular complexity index is 1420. The van der Waals surface area contributed by atoms with E-state index in [9.17, 15) is 10.1 Å². The van der Waals surface area contributed by atoms with E-state index < -0.39 is 0 Å². The molecule has 1 fully saturated rings. The van der Waals surface area contributed by atoms with Gasteiger partial charge in [-0.3, -0.25) is 10.1 Å². The summed E-state index contributed by atoms with van der Waals surface area (Å²) in [5.41, 5.74) is 4.80. The highest BCUT2D eigenvalue weighted by atomic mass is 35.5. The van der Waals surface area contributed by atoms with Crippen LogP contribution in [-0.4, -0.2) is 58.0 Å². The van der Waals surface area contributed by atoms with E-state index in [4.69, 9.17) is 11.6 Å². The van der Waals surface area contributed by atoms with E-state index in [1.165, 1.54) is 12.3 Å². The van der Waals surface area contributed by atoms with Crippen LogP contribution in [0.1, 0.15) is 12.0 Å². The lowest BCUT2D eigenvalue weighted by Gasteiger charge is -2.22. The van der Waals surface area contributed by atoms with Gasteiger partial charge in [0.1, 0.15) is 5.69 Å². The quantitative estimate of drug-likeness (QED) is 0.275. The maximum absolute atomic E-state index is 11.9. The van der Waals surface area contributed by atoms with E-state index in [1.54, 1.807) is 6.07 Å². The zero-order valence-corrected chi connectivity index (χ0v) is 20.5. The molecule has 5 rings (SSSR count). The molecule has 1 atom stereocenters. The Morgan fingerprint density at radius 2 is 2.11 bits per heavy atom. The number of likely N-dealkylation sites (N-methyl/N-ethyl adjacent to an activating group) is 1. The number of halogens is 1. The van der Waals surface area contributed by atoms with E-state index >= 15 is 0 Å². The molecular weight excluding hydrogens is 466 g/mol. The molecule has 0 bridgehead atoms. The summed E-state index contributed by atoms with van der Waals surface area (Å²) in [4.78, 5) is 28.0. The van der Waals surface area contributed by atoms with Crippen LogP contribution in [0.3, 0.4) is 0 Å². The molecule has 1 saturated heterocycles. The Morgan fingerprint density at radius 1 is 1.29 bits per heavy atom. The van der Waals surface area contributed by atoms with E-state index in [0.717, 1.165) is 41.5 Å². The van der Waals surface area contributed by atoms with Crippen molar-refractivity contribution < 1.29 is 4.92 Å². The lowest BCUT2D eigenvalue weighted by Crippen LogP contribution is -2.31. The Hall–Kier alpha value is -3.69. The van der Waals surface area contributed by atoms with Gasteiger partial charge in [-0.05, 0) is 45.1 Å². The van der Waals surface area contributed by atoms with Crippen molar-refractivity contribution in [2.45, 2.75) is 19.4 Å². The first-order chi connectivity index (χ1) is 16.8. The van der Waals surface area contributed by atoms with Gasteiger partial charge in [0.05, 0.1) is 21.8 Å². The second kappa shape index (κ2) is 9.16. The third-order valence-electron chi connectivity index (χ3n) is 6.59. The SMILES string of the molecule is Cc1cccc2c(-c3nc(Nc4ccc(N5CCC(N(C)C)C5)c([N+](=O)[O-])c4)ncc3Cl)c[nH]c12. The summed E-state index contributed by atoms with van der Waals surface area (Å²) in [7, 11) is 4.07. The van der Waals surface area contributed by atoms with Crippen LogP contribution in [-0.2, 0) is 0 Å². The van der Waals surface area contributed by atoms with E-state index in [1.807, 2.05) is 51.5 Å². The fourth-order valence-electron chi connectivity index (χ4n) is 4.64. The molecule has 0 aliphatic carbocycles. The molecule has 2 N–H and O–H groups in total. The Kier molecular flexibility index (Phi) is 6.04. The second-order valence-corrected chi connectivity index (χ2v) is 9.43. The van der Waals surface area contributed by atoms with Crippen LogP contribution in [0.2, 0.25) is 5.02 Å². The number of aryl methyl sites for hydroxylation is 1. The average molecular weight is 492 g/mol. The first kappa shape index (κ1) is 23.1. The van der Waals surface area contributed by atoms with Gasteiger partial charge in [0.25, 0.3) is 5.69 Å². The summed E-state index contributed by atoms with van der Waals surface area (Å²) < 4.78 is 0. The molecule has 4 aromatic rings. The van der Waals surface area contributed by atoms with Gasteiger partial charge in [-0.2, -0.15) is 0 Å². The van der Waals surface area contributed by atoms with Crippen molar-refractivity contribution in [3.63, 3.8) is 0 Å². The number of aromatic nitrogens is 3. The second-order valence-electron chi connectivity index (χ2n) is 9.03. The highest BCUT2D eigenvalue weighted by Crippen LogP contribution is 2.36. The van der Waals surface area contributed by atoms with Crippen molar-refractivity contribution in [2.24, 2.45) is 0 Å². The van der Waals surface area contributed by atoms with Gasteiger partial charge in [0, 0.05) is 53.5 Å². The van der Waals surface area contributed by atoms with Crippen LogP contribution < -0.4 is 10.2 Å². The zero-order chi connectivity index (χ0) is 24.7. The molecular formula is C25H26ClN7O2. The van der Waals surface area contributed by atoms with E-state index in [-0.39, 0.29) is 10.6 Å². The van der Waals surface area contributed by atoms with Crippen LogP contribution in [0.5, 0.6) is 0 Å². The van der Waals surface area contributed by atoms with Crippen molar-refractivity contribution in [1.29, 1.82) is 0 Å². The minimum atomic E-state index is -0.341. The fourth-order valence-corrected chi connectivity index (χ4v) is 4.84. The molecule has 0 radical (unpaired) electrons. The summed E-state index contributed by atoms with van der Waals surface area (Å²) >= 11 is 6.46. The number of fused-ring (bicyclic) bond motifs is 1. The summed E-state index contributed by atoms with van der Waals surface area (Å²) in [6.07, 6.45) is 4.39. The maximum atomic E-state index is 11.9. The number of anilines is 3. The molecule has 2 aromatic heterocycles. The molecule has 10 heteroatoms. The molecule has 2 aromatic carbocycles. The van der Waals surface area contributed by atoms with Crippen molar-refractivity contribution >= 4 is 45.5 Å². The maximum Gasteiger partial charge on any atom is 0.294 e. The highest BCUT2D eigenvalue weighted by molar-refractivity contribution is 6.33. The lowest BCUT2D eigenvalue weighted by atomic mass is 10.1. The van der Waals surface area contributed by atoms with E-state index in [0.29, 0.717) is 34.1 Å². The van der Waals surface area contributed by atoms with Crippen LogP contribution in [0.25, 0.3) is 22.2 Å². The summed E-state index contributed by atoms with van der Waals surface area (Å²) in [5.74, 6) is 0.308.